The van der Waals surface area contributed by atoms with E-state index in [0.717, 1.165) is 43.6 Å². The van der Waals surface area contributed by atoms with Gasteiger partial charge in [0.05, 0.1) is 29.7 Å². The smallest absolute Gasteiger partial charge is 0.160 e. The molecule has 2 aromatic carbocycles. The van der Waals surface area contributed by atoms with E-state index in [1.807, 2.05) is 22.6 Å². The largest absolute Gasteiger partial charge is 0.489 e. The van der Waals surface area contributed by atoms with Crippen LogP contribution in [-0.2, 0) is 6.54 Å². The fraction of sp³-hybridized carbons (Fsp3) is 0.304. The maximum Gasteiger partial charge on any atom is 0.160 e. The van der Waals surface area contributed by atoms with Gasteiger partial charge < -0.3 is 14.2 Å². The molecule has 154 valence electrons. The summed E-state index contributed by atoms with van der Waals surface area (Å²) in [5, 5.41) is 0.639. The van der Waals surface area contributed by atoms with Crippen LogP contribution < -0.4 is 9.64 Å². The van der Waals surface area contributed by atoms with Gasteiger partial charge in [0.2, 0.25) is 0 Å². The summed E-state index contributed by atoms with van der Waals surface area (Å²) in [6, 6.07) is 7.73. The Hall–Kier alpha value is -3.22. The maximum absolute atomic E-state index is 13.9. The van der Waals surface area contributed by atoms with Crippen LogP contribution in [0.3, 0.4) is 0 Å². The lowest BCUT2D eigenvalue weighted by Gasteiger charge is -2.29. The molecule has 5 nitrogen and oxygen atoms in total. The van der Waals surface area contributed by atoms with Gasteiger partial charge in [0.15, 0.2) is 11.6 Å². The summed E-state index contributed by atoms with van der Waals surface area (Å²) in [4.78, 5) is 18.1. The van der Waals surface area contributed by atoms with Crippen molar-refractivity contribution >= 4 is 34.8 Å². The molecule has 1 aliphatic carbocycles. The molecule has 0 radical (unpaired) electrons. The minimum Gasteiger partial charge on any atom is -0.489 e. The standard InChI is InChI=1S/C23H21F2N3O2/c1-27-4-5-30-22-7-15(13-29)6-20(23(22)27)26-11-17-8-16-9-18(24)19(25)10-21(16)28(17)12-14-2-3-14/h6-11,13-14H,2-5,12H2,1H3/b26-11+. The molecular formula is C23H21F2N3O2. The number of rotatable bonds is 5. The van der Waals surface area contributed by atoms with Crippen molar-refractivity contribution in [3.05, 3.63) is 53.2 Å². The zero-order chi connectivity index (χ0) is 20.8. The average Bonchev–Trinajstić information content (AvgIpc) is 3.50. The molecule has 3 aromatic rings. The highest BCUT2D eigenvalue weighted by Gasteiger charge is 2.24. The van der Waals surface area contributed by atoms with Gasteiger partial charge >= 0.3 is 0 Å². The number of anilines is 1. The van der Waals surface area contributed by atoms with E-state index in [-0.39, 0.29) is 0 Å². The molecule has 1 fully saturated rings. The van der Waals surface area contributed by atoms with E-state index in [4.69, 9.17) is 4.74 Å². The number of aldehydes is 1. The van der Waals surface area contributed by atoms with Crippen LogP contribution in [0.2, 0.25) is 0 Å². The molecule has 0 N–H and O–H groups in total. The second kappa shape index (κ2) is 7.23. The predicted molar refractivity (Wildman–Crippen MR) is 112 cm³/mol. The third kappa shape index (κ3) is 3.34. The maximum atomic E-state index is 13.9. The molecule has 5 rings (SSSR count). The van der Waals surface area contributed by atoms with Crippen molar-refractivity contribution in [3.63, 3.8) is 0 Å². The first-order chi connectivity index (χ1) is 14.5. The number of carbonyl (C=O) groups is 1. The first-order valence-corrected chi connectivity index (χ1v) is 10.0. The summed E-state index contributed by atoms with van der Waals surface area (Å²) in [7, 11) is 1.95. The zero-order valence-corrected chi connectivity index (χ0v) is 16.6. The molecule has 0 amide bonds. The number of aromatic nitrogens is 1. The Morgan fingerprint density at radius 3 is 2.73 bits per heavy atom. The Morgan fingerprint density at radius 1 is 1.17 bits per heavy atom. The van der Waals surface area contributed by atoms with Crippen molar-refractivity contribution in [3.8, 4) is 5.75 Å². The first kappa shape index (κ1) is 18.8. The van der Waals surface area contributed by atoms with Gasteiger partial charge in [-0.05, 0) is 43.0 Å². The summed E-state index contributed by atoms with van der Waals surface area (Å²) in [5.41, 5.74) is 3.36. The van der Waals surface area contributed by atoms with Crippen LogP contribution in [0.15, 0.2) is 35.3 Å². The van der Waals surface area contributed by atoms with Crippen molar-refractivity contribution in [2.24, 2.45) is 10.9 Å². The second-order valence-corrected chi connectivity index (χ2v) is 7.98. The van der Waals surface area contributed by atoms with Gasteiger partial charge in [0.25, 0.3) is 0 Å². The summed E-state index contributed by atoms with van der Waals surface area (Å²) in [5.74, 6) is -0.538. The Labute approximate surface area is 172 Å². The number of hydrogen-bond acceptors (Lipinski definition) is 4. The molecular weight excluding hydrogens is 388 g/mol. The van der Waals surface area contributed by atoms with Crippen LogP contribution in [-0.4, -0.2) is 37.3 Å². The molecule has 0 saturated heterocycles. The van der Waals surface area contributed by atoms with Crippen LogP contribution in [0.5, 0.6) is 5.75 Å². The van der Waals surface area contributed by atoms with E-state index in [1.165, 1.54) is 12.1 Å². The molecule has 0 bridgehead atoms. The average molecular weight is 409 g/mol. The summed E-state index contributed by atoms with van der Waals surface area (Å²) >= 11 is 0. The third-order valence-electron chi connectivity index (χ3n) is 5.73. The molecule has 1 aromatic heterocycles. The van der Waals surface area contributed by atoms with Crippen LogP contribution in [0.4, 0.5) is 20.2 Å². The molecule has 0 unspecified atom stereocenters. The van der Waals surface area contributed by atoms with E-state index < -0.39 is 11.6 Å². The number of halogens is 2. The van der Waals surface area contributed by atoms with E-state index in [2.05, 4.69) is 4.99 Å². The summed E-state index contributed by atoms with van der Waals surface area (Å²) in [6.45, 7) is 2.00. The van der Waals surface area contributed by atoms with Gasteiger partial charge in [0, 0.05) is 30.6 Å². The molecule has 1 aliphatic heterocycles. The van der Waals surface area contributed by atoms with Crippen molar-refractivity contribution in [1.29, 1.82) is 0 Å². The van der Waals surface area contributed by atoms with Crippen LogP contribution in [0.25, 0.3) is 10.9 Å². The van der Waals surface area contributed by atoms with Crippen LogP contribution in [0.1, 0.15) is 28.9 Å². The number of carbonyl (C=O) groups excluding carboxylic acids is 1. The van der Waals surface area contributed by atoms with Gasteiger partial charge in [-0.3, -0.25) is 9.79 Å². The number of ether oxygens (including phenoxy) is 1. The minimum atomic E-state index is -0.860. The van der Waals surface area contributed by atoms with Gasteiger partial charge in [-0.1, -0.05) is 0 Å². The number of likely N-dealkylation sites (N-methyl/N-ethyl adjacent to an activating group) is 1. The highest BCUT2D eigenvalue weighted by atomic mass is 19.2. The highest BCUT2D eigenvalue weighted by Crippen LogP contribution is 2.40. The molecule has 2 aliphatic rings. The van der Waals surface area contributed by atoms with Crippen molar-refractivity contribution in [2.45, 2.75) is 19.4 Å². The lowest BCUT2D eigenvalue weighted by Crippen LogP contribution is -2.29. The molecule has 0 spiro atoms. The van der Waals surface area contributed by atoms with E-state index in [9.17, 15) is 13.6 Å². The van der Waals surface area contributed by atoms with Crippen molar-refractivity contribution in [1.82, 2.24) is 4.57 Å². The molecule has 30 heavy (non-hydrogen) atoms. The normalized spacial score (nSPS) is 16.2. The van der Waals surface area contributed by atoms with Gasteiger partial charge in [-0.25, -0.2) is 8.78 Å². The topological polar surface area (TPSA) is 46.8 Å². The number of benzene rings is 2. The SMILES string of the molecule is CN1CCOc2cc(C=O)cc(/N=C/c3cc4cc(F)c(F)cc4n3CC3CC3)c21. The Morgan fingerprint density at radius 2 is 1.97 bits per heavy atom. The van der Waals surface area contributed by atoms with Gasteiger partial charge in [0.1, 0.15) is 24.3 Å². The number of aliphatic imine (C=N–C) groups is 1. The molecule has 7 heteroatoms. The highest BCUT2D eigenvalue weighted by molar-refractivity contribution is 5.93. The molecule has 1 saturated carbocycles. The Kier molecular flexibility index (Phi) is 4.53. The second-order valence-electron chi connectivity index (χ2n) is 7.98. The van der Waals surface area contributed by atoms with Crippen molar-refractivity contribution in [2.75, 3.05) is 25.1 Å². The number of hydrogen-bond donors (Lipinski definition) is 0. The van der Waals surface area contributed by atoms with Crippen LogP contribution in [0, 0.1) is 17.6 Å². The predicted octanol–water partition coefficient (Wildman–Crippen LogP) is 4.72. The minimum absolute atomic E-state index is 0.485. The van der Waals surface area contributed by atoms with Crippen molar-refractivity contribution < 1.29 is 18.3 Å². The fourth-order valence-corrected chi connectivity index (χ4v) is 3.96. The van der Waals surface area contributed by atoms with E-state index in [0.29, 0.717) is 40.4 Å². The number of fused-ring (bicyclic) bond motifs is 2. The Balaban J connectivity index is 1.61. The molecule has 2 heterocycles. The zero-order valence-electron chi connectivity index (χ0n) is 16.6. The molecule has 0 atom stereocenters. The Bertz CT molecular complexity index is 1180. The lowest BCUT2D eigenvalue weighted by atomic mass is 10.1. The lowest BCUT2D eigenvalue weighted by molar-refractivity contribution is 0.112. The fourth-order valence-electron chi connectivity index (χ4n) is 3.96. The van der Waals surface area contributed by atoms with E-state index >= 15 is 0 Å². The monoisotopic (exact) mass is 409 g/mol. The first-order valence-electron chi connectivity index (χ1n) is 10.0. The quantitative estimate of drug-likeness (QED) is 0.453. The van der Waals surface area contributed by atoms with Gasteiger partial charge in [-0.2, -0.15) is 0 Å². The van der Waals surface area contributed by atoms with E-state index in [1.54, 1.807) is 18.3 Å². The third-order valence-corrected chi connectivity index (χ3v) is 5.73. The van der Waals surface area contributed by atoms with Gasteiger partial charge in [-0.15, -0.1) is 0 Å². The summed E-state index contributed by atoms with van der Waals surface area (Å²) in [6.07, 6.45) is 4.74. The van der Waals surface area contributed by atoms with Crippen LogP contribution >= 0.6 is 0 Å². The number of nitrogens with zero attached hydrogens (tertiary/aromatic N) is 3. The summed E-state index contributed by atoms with van der Waals surface area (Å²) < 4.78 is 35.4.